The van der Waals surface area contributed by atoms with E-state index in [-0.39, 0.29) is 18.4 Å². The van der Waals surface area contributed by atoms with Gasteiger partial charge in [-0.25, -0.2) is 0 Å². The molecule has 110 valence electrons. The maximum atomic E-state index is 12.7. The molecule has 0 aromatic carbocycles. The van der Waals surface area contributed by atoms with Crippen LogP contribution in [0.2, 0.25) is 0 Å². The van der Waals surface area contributed by atoms with Gasteiger partial charge >= 0.3 is 0 Å². The van der Waals surface area contributed by atoms with E-state index in [2.05, 4.69) is 0 Å². The lowest BCUT2D eigenvalue weighted by molar-refractivity contribution is 0.282. The Bertz CT molecular complexity index is 411. The van der Waals surface area contributed by atoms with E-state index in [1.807, 2.05) is 0 Å². The molecule has 0 radical (unpaired) electrons. The average molecular weight is 288 g/mol. The first kappa shape index (κ1) is 14.7. The van der Waals surface area contributed by atoms with E-state index in [1.54, 1.807) is 4.31 Å². The fraction of sp³-hybridized carbons (Fsp3) is 0.917. The molecule has 0 bridgehead atoms. The molecule has 7 heteroatoms. The average Bonchev–Trinajstić information content (AvgIpc) is 2.90. The molecule has 0 aromatic rings. The molecule has 0 atom stereocenters. The van der Waals surface area contributed by atoms with Crippen LogP contribution < -0.4 is 5.73 Å². The maximum absolute atomic E-state index is 12.7. The van der Waals surface area contributed by atoms with E-state index in [4.69, 9.17) is 11.1 Å². The van der Waals surface area contributed by atoms with E-state index in [0.29, 0.717) is 13.1 Å². The minimum atomic E-state index is -3.46. The molecule has 6 nitrogen and oxygen atoms in total. The zero-order valence-corrected chi connectivity index (χ0v) is 12.2. The van der Waals surface area contributed by atoms with Crippen LogP contribution in [-0.2, 0) is 10.2 Å². The zero-order chi connectivity index (χ0) is 13.9. The molecule has 0 spiro atoms. The summed E-state index contributed by atoms with van der Waals surface area (Å²) < 4.78 is 28.4. The standard InChI is InChI=1S/C12H24N4O2S/c13-12(14)10-16(11-6-2-3-7-11)19(17,18)15-8-4-1-5-9-15/h11H,1-10H2,(H3,13,14). The van der Waals surface area contributed by atoms with Gasteiger partial charge in [0, 0.05) is 19.1 Å². The lowest BCUT2D eigenvalue weighted by Gasteiger charge is -2.34. The summed E-state index contributed by atoms with van der Waals surface area (Å²) in [7, 11) is -3.46. The fourth-order valence-electron chi connectivity index (χ4n) is 3.00. The summed E-state index contributed by atoms with van der Waals surface area (Å²) in [6.07, 6.45) is 6.86. The highest BCUT2D eigenvalue weighted by Crippen LogP contribution is 2.27. The number of piperidine rings is 1. The third-order valence-corrected chi connectivity index (χ3v) is 6.03. The molecule has 3 N–H and O–H groups in total. The minimum absolute atomic E-state index is 0.0239. The monoisotopic (exact) mass is 288 g/mol. The van der Waals surface area contributed by atoms with Gasteiger partial charge in [0.15, 0.2) is 0 Å². The molecule has 0 unspecified atom stereocenters. The summed E-state index contributed by atoms with van der Waals surface area (Å²) in [5.41, 5.74) is 5.45. The Labute approximate surface area is 115 Å². The number of hydrogen-bond acceptors (Lipinski definition) is 3. The van der Waals surface area contributed by atoms with Crippen molar-refractivity contribution in [1.82, 2.24) is 8.61 Å². The summed E-state index contributed by atoms with van der Waals surface area (Å²) in [5, 5.41) is 7.44. The summed E-state index contributed by atoms with van der Waals surface area (Å²) in [6.45, 7) is 1.23. The molecule has 1 aliphatic heterocycles. The van der Waals surface area contributed by atoms with Crippen molar-refractivity contribution in [1.29, 1.82) is 5.41 Å². The molecular weight excluding hydrogens is 264 g/mol. The fourth-order valence-corrected chi connectivity index (χ4v) is 4.91. The molecule has 2 fully saturated rings. The van der Waals surface area contributed by atoms with E-state index in [9.17, 15) is 8.42 Å². The number of nitrogens with two attached hydrogens (primary N) is 1. The Kier molecular flexibility index (Phi) is 4.81. The van der Waals surface area contributed by atoms with Crippen LogP contribution in [0, 0.1) is 5.41 Å². The zero-order valence-electron chi connectivity index (χ0n) is 11.3. The number of hydrogen-bond donors (Lipinski definition) is 2. The normalized spacial score (nSPS) is 23.0. The van der Waals surface area contributed by atoms with Gasteiger partial charge in [-0.3, -0.25) is 5.41 Å². The number of nitrogens with zero attached hydrogens (tertiary/aromatic N) is 2. The maximum Gasteiger partial charge on any atom is 0.282 e. The minimum Gasteiger partial charge on any atom is -0.387 e. The molecule has 0 amide bonds. The third kappa shape index (κ3) is 3.46. The van der Waals surface area contributed by atoms with Gasteiger partial charge in [0.25, 0.3) is 10.2 Å². The predicted molar refractivity (Wildman–Crippen MR) is 75.2 cm³/mol. The van der Waals surface area contributed by atoms with Gasteiger partial charge in [0.2, 0.25) is 0 Å². The molecule has 1 aliphatic carbocycles. The van der Waals surface area contributed by atoms with Crippen molar-refractivity contribution in [3.8, 4) is 0 Å². The van der Waals surface area contributed by atoms with Gasteiger partial charge in [-0.05, 0) is 25.7 Å². The second kappa shape index (κ2) is 6.19. The van der Waals surface area contributed by atoms with Crippen LogP contribution in [-0.4, -0.2) is 48.5 Å². The second-order valence-electron chi connectivity index (χ2n) is 5.48. The van der Waals surface area contributed by atoms with Crippen molar-refractivity contribution in [2.24, 2.45) is 5.73 Å². The van der Waals surface area contributed by atoms with Crippen LogP contribution in [0.1, 0.15) is 44.9 Å². The van der Waals surface area contributed by atoms with Crippen LogP contribution in [0.15, 0.2) is 0 Å². The van der Waals surface area contributed by atoms with Gasteiger partial charge in [0.1, 0.15) is 5.84 Å². The molecule has 1 heterocycles. The van der Waals surface area contributed by atoms with Crippen molar-refractivity contribution in [3.05, 3.63) is 0 Å². The van der Waals surface area contributed by atoms with Crippen LogP contribution in [0.5, 0.6) is 0 Å². The summed E-state index contributed by atoms with van der Waals surface area (Å²) in [5.74, 6) is -0.0764. The lowest BCUT2D eigenvalue weighted by atomic mass is 10.2. The Balaban J connectivity index is 2.17. The lowest BCUT2D eigenvalue weighted by Crippen LogP contribution is -2.51. The van der Waals surface area contributed by atoms with Crippen LogP contribution in [0.4, 0.5) is 0 Å². The van der Waals surface area contributed by atoms with Crippen molar-refractivity contribution in [3.63, 3.8) is 0 Å². The Morgan fingerprint density at radius 1 is 1.16 bits per heavy atom. The van der Waals surface area contributed by atoms with Crippen LogP contribution in [0.3, 0.4) is 0 Å². The molecule has 19 heavy (non-hydrogen) atoms. The van der Waals surface area contributed by atoms with Gasteiger partial charge in [-0.2, -0.15) is 17.0 Å². The Morgan fingerprint density at radius 2 is 1.74 bits per heavy atom. The largest absolute Gasteiger partial charge is 0.387 e. The highest BCUT2D eigenvalue weighted by atomic mass is 32.2. The number of amidine groups is 1. The topological polar surface area (TPSA) is 90.5 Å². The highest BCUT2D eigenvalue weighted by molar-refractivity contribution is 7.86. The van der Waals surface area contributed by atoms with Crippen molar-refractivity contribution < 1.29 is 8.42 Å². The van der Waals surface area contributed by atoms with Crippen LogP contribution >= 0.6 is 0 Å². The Hall–Kier alpha value is -0.660. The van der Waals surface area contributed by atoms with Crippen LogP contribution in [0.25, 0.3) is 0 Å². The van der Waals surface area contributed by atoms with E-state index >= 15 is 0 Å². The van der Waals surface area contributed by atoms with Gasteiger partial charge in [-0.1, -0.05) is 19.3 Å². The quantitative estimate of drug-likeness (QED) is 0.581. The highest BCUT2D eigenvalue weighted by Gasteiger charge is 2.36. The van der Waals surface area contributed by atoms with E-state index in [0.717, 1.165) is 44.9 Å². The van der Waals surface area contributed by atoms with Crippen molar-refractivity contribution >= 4 is 16.0 Å². The first-order chi connectivity index (χ1) is 9.01. The predicted octanol–water partition coefficient (Wildman–Crippen LogP) is 0.898. The molecule has 0 aromatic heterocycles. The van der Waals surface area contributed by atoms with E-state index < -0.39 is 10.2 Å². The smallest absolute Gasteiger partial charge is 0.282 e. The molecule has 1 saturated carbocycles. The SMILES string of the molecule is N=C(N)CN(C1CCCC1)S(=O)(=O)N1CCCCC1. The van der Waals surface area contributed by atoms with Gasteiger partial charge < -0.3 is 5.73 Å². The van der Waals surface area contributed by atoms with Gasteiger partial charge in [0.05, 0.1) is 6.54 Å². The molecule has 2 rings (SSSR count). The summed E-state index contributed by atoms with van der Waals surface area (Å²) >= 11 is 0. The molecule has 2 aliphatic rings. The first-order valence-electron chi connectivity index (χ1n) is 7.11. The van der Waals surface area contributed by atoms with Crippen molar-refractivity contribution in [2.45, 2.75) is 51.0 Å². The van der Waals surface area contributed by atoms with Crippen molar-refractivity contribution in [2.75, 3.05) is 19.6 Å². The third-order valence-electron chi connectivity index (χ3n) is 4.00. The first-order valence-corrected chi connectivity index (χ1v) is 8.51. The number of rotatable bonds is 5. The van der Waals surface area contributed by atoms with E-state index in [1.165, 1.54) is 4.31 Å². The van der Waals surface area contributed by atoms with Gasteiger partial charge in [-0.15, -0.1) is 0 Å². The summed E-state index contributed by atoms with van der Waals surface area (Å²) in [6, 6.07) is 0.0239. The second-order valence-corrected chi connectivity index (χ2v) is 7.36. The number of nitrogens with one attached hydrogen (secondary N) is 1. The molecular formula is C12H24N4O2S. The summed E-state index contributed by atoms with van der Waals surface area (Å²) in [4.78, 5) is 0. The molecule has 1 saturated heterocycles. The Morgan fingerprint density at radius 3 is 2.26 bits per heavy atom.